The van der Waals surface area contributed by atoms with Crippen LogP contribution < -0.4 is 4.72 Å². The number of aromatic nitrogens is 1. The largest absolute Gasteiger partial charge is 0.302 e. The lowest BCUT2D eigenvalue weighted by atomic mass is 10.4. The summed E-state index contributed by atoms with van der Waals surface area (Å²) in [6, 6.07) is 3.34. The Kier molecular flexibility index (Phi) is 3.69. The predicted molar refractivity (Wildman–Crippen MR) is 62.9 cm³/mol. The summed E-state index contributed by atoms with van der Waals surface area (Å²) in [5.41, 5.74) is 0.731. The van der Waals surface area contributed by atoms with E-state index in [0.29, 0.717) is 5.82 Å². The molecular formula is C8H12BrN3O2S. The van der Waals surface area contributed by atoms with Gasteiger partial charge in [0.15, 0.2) is 0 Å². The summed E-state index contributed by atoms with van der Waals surface area (Å²) in [7, 11) is -0.570. The molecule has 0 aliphatic rings. The second kappa shape index (κ2) is 4.46. The van der Waals surface area contributed by atoms with Crippen molar-refractivity contribution < 1.29 is 8.42 Å². The molecule has 7 heteroatoms. The molecule has 0 fully saturated rings. The highest BCUT2D eigenvalue weighted by Crippen LogP contribution is 2.17. The summed E-state index contributed by atoms with van der Waals surface area (Å²) in [5, 5.41) is 0. The molecule has 0 unspecified atom stereocenters. The third-order valence-electron chi connectivity index (χ3n) is 1.74. The van der Waals surface area contributed by atoms with E-state index in [1.807, 2.05) is 0 Å². The van der Waals surface area contributed by atoms with E-state index >= 15 is 0 Å². The third kappa shape index (κ3) is 3.15. The highest BCUT2D eigenvalue weighted by Gasteiger charge is 2.13. The van der Waals surface area contributed by atoms with Crippen molar-refractivity contribution >= 4 is 32.0 Å². The van der Waals surface area contributed by atoms with Gasteiger partial charge < -0.3 is 0 Å². The Balaban J connectivity index is 2.96. The van der Waals surface area contributed by atoms with Crippen molar-refractivity contribution in [1.29, 1.82) is 0 Å². The molecule has 1 rings (SSSR count). The van der Waals surface area contributed by atoms with E-state index in [0.717, 1.165) is 14.5 Å². The molecule has 1 aromatic rings. The predicted octanol–water partition coefficient (Wildman–Crippen LogP) is 1.37. The Morgan fingerprint density at radius 3 is 2.47 bits per heavy atom. The summed E-state index contributed by atoms with van der Waals surface area (Å²) >= 11 is 3.29. The monoisotopic (exact) mass is 293 g/mol. The number of anilines is 1. The minimum Gasteiger partial charge on any atom is -0.254 e. The topological polar surface area (TPSA) is 62.3 Å². The van der Waals surface area contributed by atoms with Gasteiger partial charge in [0, 0.05) is 18.6 Å². The van der Waals surface area contributed by atoms with Crippen molar-refractivity contribution in [1.82, 2.24) is 9.29 Å². The average Bonchev–Trinajstić information content (AvgIpc) is 2.10. The molecule has 1 N–H and O–H groups in total. The fraction of sp³-hybridized carbons (Fsp3) is 0.375. The van der Waals surface area contributed by atoms with Crippen molar-refractivity contribution in [2.24, 2.45) is 0 Å². The molecule has 0 aliphatic heterocycles. The van der Waals surface area contributed by atoms with Crippen LogP contribution >= 0.6 is 15.9 Å². The van der Waals surface area contributed by atoms with Crippen molar-refractivity contribution in [2.45, 2.75) is 6.92 Å². The highest BCUT2D eigenvalue weighted by atomic mass is 79.9. The van der Waals surface area contributed by atoms with Crippen molar-refractivity contribution in [3.63, 3.8) is 0 Å². The minimum atomic E-state index is -3.48. The van der Waals surface area contributed by atoms with E-state index in [4.69, 9.17) is 0 Å². The SMILES string of the molecule is Cc1nc(NS(=O)(=O)N(C)C)ccc1Br. The van der Waals surface area contributed by atoms with Gasteiger partial charge in [-0.2, -0.15) is 12.7 Å². The number of rotatable bonds is 3. The number of nitrogens with one attached hydrogen (secondary N) is 1. The van der Waals surface area contributed by atoms with E-state index in [9.17, 15) is 8.42 Å². The maximum atomic E-state index is 11.5. The molecule has 0 bridgehead atoms. The molecule has 84 valence electrons. The van der Waals surface area contributed by atoms with Gasteiger partial charge in [0.2, 0.25) is 0 Å². The van der Waals surface area contributed by atoms with Crippen LogP contribution in [0.15, 0.2) is 16.6 Å². The quantitative estimate of drug-likeness (QED) is 0.916. The average molecular weight is 294 g/mol. The zero-order chi connectivity index (χ0) is 11.6. The molecular weight excluding hydrogens is 282 g/mol. The van der Waals surface area contributed by atoms with E-state index in [1.165, 1.54) is 14.1 Å². The first-order valence-electron chi connectivity index (χ1n) is 4.16. The molecule has 0 saturated heterocycles. The van der Waals surface area contributed by atoms with Crippen LogP contribution in [0, 0.1) is 6.92 Å². The van der Waals surface area contributed by atoms with Crippen molar-refractivity contribution in [2.75, 3.05) is 18.8 Å². The Hall–Kier alpha value is -0.660. The lowest BCUT2D eigenvalue weighted by molar-refractivity contribution is 0.526. The molecule has 1 aromatic heterocycles. The van der Waals surface area contributed by atoms with Crippen LogP contribution in [-0.2, 0) is 10.2 Å². The van der Waals surface area contributed by atoms with Crippen LogP contribution in [0.2, 0.25) is 0 Å². The van der Waals surface area contributed by atoms with Gasteiger partial charge in [0.1, 0.15) is 5.82 Å². The van der Waals surface area contributed by atoms with Gasteiger partial charge in [-0.3, -0.25) is 4.72 Å². The fourth-order valence-corrected chi connectivity index (χ4v) is 1.61. The summed E-state index contributed by atoms with van der Waals surface area (Å²) in [6.45, 7) is 1.79. The second-order valence-electron chi connectivity index (χ2n) is 3.15. The van der Waals surface area contributed by atoms with Crippen molar-refractivity contribution in [3.8, 4) is 0 Å². The van der Waals surface area contributed by atoms with Crippen molar-refractivity contribution in [3.05, 3.63) is 22.3 Å². The lowest BCUT2D eigenvalue weighted by Gasteiger charge is -2.13. The molecule has 0 saturated carbocycles. The smallest absolute Gasteiger partial charge is 0.254 e. The third-order valence-corrected chi connectivity index (χ3v) is 4.00. The fourth-order valence-electron chi connectivity index (χ4n) is 0.824. The molecule has 0 aliphatic carbocycles. The summed E-state index contributed by atoms with van der Waals surface area (Å²) in [5.74, 6) is 0.310. The van der Waals surface area contributed by atoms with Crippen LogP contribution in [0.25, 0.3) is 0 Å². The van der Waals surface area contributed by atoms with Crippen LogP contribution in [0.3, 0.4) is 0 Å². The standard InChI is InChI=1S/C8H12BrN3O2S/c1-6-7(9)4-5-8(10-6)11-15(13,14)12(2)3/h4-5H,1-3H3,(H,10,11). The van der Waals surface area contributed by atoms with E-state index in [2.05, 4.69) is 25.6 Å². The molecule has 15 heavy (non-hydrogen) atoms. The lowest BCUT2D eigenvalue weighted by Crippen LogP contribution is -2.29. The highest BCUT2D eigenvalue weighted by molar-refractivity contribution is 9.10. The Bertz CT molecular complexity index is 459. The number of hydrogen-bond acceptors (Lipinski definition) is 3. The first-order chi connectivity index (χ1) is 6.83. The Labute approximate surface area is 97.8 Å². The van der Waals surface area contributed by atoms with E-state index < -0.39 is 10.2 Å². The van der Waals surface area contributed by atoms with Gasteiger partial charge in [-0.05, 0) is 35.0 Å². The van der Waals surface area contributed by atoms with Gasteiger partial charge in [-0.25, -0.2) is 4.98 Å². The van der Waals surface area contributed by atoms with Gasteiger partial charge in [-0.1, -0.05) is 0 Å². The zero-order valence-electron chi connectivity index (χ0n) is 8.65. The molecule has 0 spiro atoms. The van der Waals surface area contributed by atoms with Gasteiger partial charge >= 0.3 is 10.2 Å². The van der Waals surface area contributed by atoms with E-state index in [-0.39, 0.29) is 0 Å². The number of aryl methyl sites for hydroxylation is 1. The van der Waals surface area contributed by atoms with Gasteiger partial charge in [-0.15, -0.1) is 0 Å². The maximum Gasteiger partial charge on any atom is 0.302 e. The van der Waals surface area contributed by atoms with Crippen LogP contribution in [0.4, 0.5) is 5.82 Å². The van der Waals surface area contributed by atoms with Crippen LogP contribution in [0.5, 0.6) is 0 Å². The summed E-state index contributed by atoms with van der Waals surface area (Å²) in [6.07, 6.45) is 0. The van der Waals surface area contributed by atoms with Gasteiger partial charge in [0.05, 0.1) is 5.69 Å². The van der Waals surface area contributed by atoms with Crippen LogP contribution in [-0.4, -0.2) is 31.8 Å². The molecule has 0 radical (unpaired) electrons. The Morgan fingerprint density at radius 1 is 1.40 bits per heavy atom. The number of halogens is 1. The summed E-state index contributed by atoms with van der Waals surface area (Å²) in [4.78, 5) is 4.08. The molecule has 5 nitrogen and oxygen atoms in total. The van der Waals surface area contributed by atoms with Crippen LogP contribution in [0.1, 0.15) is 5.69 Å². The van der Waals surface area contributed by atoms with E-state index in [1.54, 1.807) is 19.1 Å². The maximum absolute atomic E-state index is 11.5. The molecule has 0 atom stereocenters. The molecule has 1 heterocycles. The molecule has 0 amide bonds. The number of nitrogens with zero attached hydrogens (tertiary/aromatic N) is 2. The first kappa shape index (κ1) is 12.4. The molecule has 0 aromatic carbocycles. The number of hydrogen-bond donors (Lipinski definition) is 1. The minimum absolute atomic E-state index is 0.310. The second-order valence-corrected chi connectivity index (χ2v) is 5.89. The zero-order valence-corrected chi connectivity index (χ0v) is 11.1. The first-order valence-corrected chi connectivity index (χ1v) is 6.39. The summed E-state index contributed by atoms with van der Waals surface area (Å²) < 4.78 is 27.2. The van der Waals surface area contributed by atoms with Gasteiger partial charge in [0.25, 0.3) is 0 Å². The Morgan fingerprint density at radius 2 is 2.00 bits per heavy atom. The normalized spacial score (nSPS) is 11.8. The number of pyridine rings is 1.